The van der Waals surface area contributed by atoms with Gasteiger partial charge in [0, 0.05) is 109 Å². The van der Waals surface area contributed by atoms with Gasteiger partial charge in [0.1, 0.15) is 82.6 Å². The predicted octanol–water partition coefficient (Wildman–Crippen LogP) is 6.79. The number of rotatable bonds is 48. The number of para-hydroxylation sites is 2. The number of hydrogen-bond donors (Lipinski definition) is 18. The number of nitrogens with one attached hydrogen (secondary N) is 15. The number of H-pyrrole nitrogens is 2. The van der Waals surface area contributed by atoms with E-state index >= 15 is 28.8 Å². The number of unbranched alkanes of at least 4 members (excludes halogenated alkanes) is 1. The number of fused-ring (bicyclic) bond motifs is 3. The highest BCUT2D eigenvalue weighted by molar-refractivity contribution is 7.85. The molecule has 748 valence electrons. The Kier molecular flexibility index (Phi) is 35.1. The van der Waals surface area contributed by atoms with Crippen LogP contribution < -0.4 is 88.3 Å². The van der Waals surface area contributed by atoms with Gasteiger partial charge in [-0.1, -0.05) is 153 Å². The summed E-state index contributed by atoms with van der Waals surface area (Å²) >= 11 is 0. The molecule has 0 unspecified atom stereocenters. The number of guanidine groups is 1. The summed E-state index contributed by atoms with van der Waals surface area (Å²) in [6.07, 6.45) is 4.99. The summed E-state index contributed by atoms with van der Waals surface area (Å²) < 4.78 is 49.4. The van der Waals surface area contributed by atoms with Crippen LogP contribution in [0.15, 0.2) is 189 Å². The summed E-state index contributed by atoms with van der Waals surface area (Å²) in [4.78, 5) is 186. The molecule has 37 nitrogen and oxygen atoms in total. The fourth-order valence-electron chi connectivity index (χ4n) is 17.8. The van der Waals surface area contributed by atoms with E-state index in [2.05, 4.69) is 73.2 Å². The molecular formula is C103H127N19O18S. The zero-order valence-electron chi connectivity index (χ0n) is 80.7. The second-order valence-corrected chi connectivity index (χ2v) is 39.0. The number of ether oxygens (including phenoxy) is 2. The molecule has 141 heavy (non-hydrogen) atoms. The molecule has 1 fully saturated rings. The molecule has 0 bridgehead atoms. The molecule has 11 amide bonds. The first kappa shape index (κ1) is 105. The van der Waals surface area contributed by atoms with Crippen molar-refractivity contribution in [2.45, 2.75) is 237 Å². The van der Waals surface area contributed by atoms with Gasteiger partial charge >= 0.3 is 16.3 Å². The molecule has 2 aliphatic rings. The molecule has 10 aromatic rings. The van der Waals surface area contributed by atoms with E-state index in [0.717, 1.165) is 22.3 Å². The first-order valence-corrected chi connectivity index (χ1v) is 48.7. The zero-order valence-corrected chi connectivity index (χ0v) is 81.6. The van der Waals surface area contributed by atoms with Crippen molar-refractivity contribution in [1.82, 2.24) is 82.7 Å². The van der Waals surface area contributed by atoms with Gasteiger partial charge in [-0.05, 0) is 188 Å². The van der Waals surface area contributed by atoms with Crippen LogP contribution in [0.2, 0.25) is 0 Å². The van der Waals surface area contributed by atoms with E-state index in [1.54, 1.807) is 108 Å². The van der Waals surface area contributed by atoms with Gasteiger partial charge in [-0.15, -0.1) is 0 Å². The predicted molar refractivity (Wildman–Crippen MR) is 530 cm³/mol. The van der Waals surface area contributed by atoms with E-state index in [1.165, 1.54) is 0 Å². The number of benzene rings is 7. The lowest BCUT2D eigenvalue weighted by atomic mass is 9.76. The Labute approximate surface area is 818 Å². The maximum absolute atomic E-state index is 16.0. The molecule has 7 aromatic carbocycles. The lowest BCUT2D eigenvalue weighted by molar-refractivity contribution is -0.138. The Morgan fingerprint density at radius 3 is 1.55 bits per heavy atom. The number of primary amides is 1. The van der Waals surface area contributed by atoms with E-state index in [1.807, 2.05) is 154 Å². The van der Waals surface area contributed by atoms with Gasteiger partial charge in [0.25, 0.3) is 0 Å². The van der Waals surface area contributed by atoms with Gasteiger partial charge in [-0.25, -0.2) is 9.71 Å². The maximum atomic E-state index is 16.0. The highest BCUT2D eigenvalue weighted by Gasteiger charge is 2.44. The summed E-state index contributed by atoms with van der Waals surface area (Å²) in [5, 5.41) is 50.1. The van der Waals surface area contributed by atoms with Crippen LogP contribution in [0.1, 0.15) is 174 Å². The number of aromatic amines is 2. The quantitative estimate of drug-likeness (QED) is 0.00807. The SMILES string of the molecule is Cc1c(C)c2c(c(C)c1OS(=O)(=O)NC(=N)NCCC[C@H](NC(=O)[C@H](CC(C)C)NC(=O)[C@@H](Cc1c[nH]c3ccccc13)NC(=O)[C@H](Cc1ccc(OC(C)(C)C)cc1)NC(=O)[C@H](CCCCN)NC(=O)[C@H](Cc1c[nH]c3ccccc13)NC(=O)[C@H](Cc1cncn1C(c1ccccc1)(c1ccccc1)c1ccccc1)NC(=O)[C@@H]1CCC(=O)N1)C(=O)N[C@@H](CCC(=O)O)C(=O)NCC(N)=O)CC(C)(C)O2. The Morgan fingerprint density at radius 2 is 1.06 bits per heavy atom. The minimum atomic E-state index is -4.75. The lowest BCUT2D eigenvalue weighted by Crippen LogP contribution is -2.61. The van der Waals surface area contributed by atoms with E-state index < -0.39 is 178 Å². The van der Waals surface area contributed by atoms with Crippen molar-refractivity contribution in [3.63, 3.8) is 0 Å². The van der Waals surface area contributed by atoms with Crippen molar-refractivity contribution in [1.29, 1.82) is 5.41 Å². The molecule has 5 heterocycles. The summed E-state index contributed by atoms with van der Waals surface area (Å²) in [6.45, 7) is 17.3. The summed E-state index contributed by atoms with van der Waals surface area (Å²) in [5.74, 6) is -10.9. The lowest BCUT2D eigenvalue weighted by Gasteiger charge is -2.39. The summed E-state index contributed by atoms with van der Waals surface area (Å²) in [6, 6.07) is 36.8. The van der Waals surface area contributed by atoms with Gasteiger partial charge in [-0.2, -0.15) is 8.42 Å². The van der Waals surface area contributed by atoms with Crippen molar-refractivity contribution in [2.75, 3.05) is 19.6 Å². The number of nitrogens with zero attached hydrogens (tertiary/aromatic N) is 2. The normalized spacial score (nSPS) is 15.1. The molecule has 20 N–H and O–H groups in total. The van der Waals surface area contributed by atoms with Crippen LogP contribution in [0.4, 0.5) is 0 Å². The standard InChI is InChI=1S/C103H127N19O18S/c1-60(2)49-81(95(131)114-78(92(128)115-79(44-46-88(125)126)91(127)111-58-86(105)123)38-26-48-108-100(106)121-141(136,137)140-89-61(3)62(4)90-74(63(89)5)54-102(9,10)139-90)116-98(134)84(52-66-56-110-76-36-23-21-34-73(66)76)118-96(132)82(50-64-39-41-71(42-40-64)138-101(6,7)8)117-93(129)77(37-24-25-47-104)113-97(133)83(51-65-55-109-75-35-22-20-33-72(65)75)119-99(135)85(120-94(130)80-43-45-87(124)112-80)53-70-57-107-59-122(70)103(67-27-14-11-15-28-67,68-29-16-12-17-30-68)69-31-18-13-19-32-69/h11-23,27-36,39-42,55-57,59-60,77-85,109-110H,24-26,37-38,43-54,58,104H2,1-10H3,(H2,105,123)(H,111,127)(H,112,124)(H,113,133)(H,114,131)(H,115,128)(H,116,134)(H,117,129)(H,118,132)(H,119,135)(H,120,130)(H,125,126)(H3,106,108,121)/t77-,78-,79-,80-,81-,82-,83-,84+,85-/m0/s1. The van der Waals surface area contributed by atoms with Crippen LogP contribution in [-0.2, 0) is 105 Å². The van der Waals surface area contributed by atoms with E-state index in [0.29, 0.717) is 85.2 Å². The van der Waals surface area contributed by atoms with Gasteiger partial charge in [0.15, 0.2) is 5.75 Å². The minimum Gasteiger partial charge on any atom is -0.488 e. The van der Waals surface area contributed by atoms with Crippen LogP contribution >= 0.6 is 0 Å². The van der Waals surface area contributed by atoms with E-state index in [-0.39, 0.29) is 95.4 Å². The molecule has 0 radical (unpaired) electrons. The third kappa shape index (κ3) is 27.8. The van der Waals surface area contributed by atoms with Crippen LogP contribution in [-0.4, -0.2) is 195 Å². The Morgan fingerprint density at radius 1 is 0.582 bits per heavy atom. The van der Waals surface area contributed by atoms with Crippen molar-refractivity contribution < 1.29 is 84.7 Å². The largest absolute Gasteiger partial charge is 0.488 e. The molecule has 0 saturated carbocycles. The second-order valence-electron chi connectivity index (χ2n) is 37.8. The van der Waals surface area contributed by atoms with Gasteiger partial charge in [0.05, 0.1) is 12.9 Å². The van der Waals surface area contributed by atoms with Crippen molar-refractivity contribution >= 4 is 109 Å². The topological polar surface area (TPSA) is 557 Å². The number of carboxylic acid groups (broad SMARTS) is 1. The number of imidazole rings is 1. The number of nitrogens with two attached hydrogens (primary N) is 2. The number of hydrogen-bond acceptors (Lipinski definition) is 20. The first-order chi connectivity index (χ1) is 67.2. The fraction of sp³-hybridized carbons (Fsp3) is 0.398. The number of amides is 11. The highest BCUT2D eigenvalue weighted by Crippen LogP contribution is 2.46. The third-order valence-corrected chi connectivity index (χ3v) is 25.7. The molecule has 3 aromatic heterocycles. The van der Waals surface area contributed by atoms with Gasteiger partial charge < -0.3 is 103 Å². The fourth-order valence-corrected chi connectivity index (χ4v) is 18.7. The number of aromatic nitrogens is 4. The summed E-state index contributed by atoms with van der Waals surface area (Å²) in [7, 11) is -4.75. The number of carbonyl (C=O) groups is 12. The second kappa shape index (κ2) is 47.1. The maximum Gasteiger partial charge on any atom is 0.409 e. The molecule has 0 aliphatic carbocycles. The Hall–Kier alpha value is -15.0. The molecule has 2 aliphatic heterocycles. The van der Waals surface area contributed by atoms with E-state index in [9.17, 15) is 42.3 Å². The number of carbonyl (C=O) groups excluding carboxylic acids is 11. The van der Waals surface area contributed by atoms with Gasteiger partial charge in [0.2, 0.25) is 70.9 Å². The molecule has 0 spiro atoms. The van der Waals surface area contributed by atoms with Crippen molar-refractivity contribution in [3.05, 3.63) is 250 Å². The van der Waals surface area contributed by atoms with Gasteiger partial charge in [-0.3, -0.25) is 62.9 Å². The minimum absolute atomic E-state index is 0.0456. The van der Waals surface area contributed by atoms with Crippen molar-refractivity contribution in [3.8, 4) is 17.2 Å². The van der Waals surface area contributed by atoms with Crippen LogP contribution in [0.25, 0.3) is 21.8 Å². The Bertz CT molecular complexity index is 6200. The van der Waals surface area contributed by atoms with E-state index in [4.69, 9.17) is 35.5 Å². The van der Waals surface area contributed by atoms with Crippen LogP contribution in [0.3, 0.4) is 0 Å². The summed E-state index contributed by atoms with van der Waals surface area (Å²) in [5.41, 5.74) is 17.4. The molecule has 1 saturated heterocycles. The molecule has 38 heteroatoms. The monoisotopic (exact) mass is 1950 g/mol. The van der Waals surface area contributed by atoms with Crippen LogP contribution in [0.5, 0.6) is 17.2 Å². The average molecular weight is 1950 g/mol. The third-order valence-electron chi connectivity index (χ3n) is 24.8. The number of carboxylic acids is 1. The molecular weight excluding hydrogens is 1820 g/mol. The first-order valence-electron chi connectivity index (χ1n) is 47.3. The smallest absolute Gasteiger partial charge is 0.409 e. The molecule has 9 atom stereocenters. The average Bonchev–Trinajstić information content (AvgIpc) is 1.72. The number of aliphatic carboxylic acids is 1. The zero-order chi connectivity index (χ0) is 102. The van der Waals surface area contributed by atoms with Crippen LogP contribution in [0, 0.1) is 32.1 Å². The van der Waals surface area contributed by atoms with Crippen molar-refractivity contribution in [2.24, 2.45) is 17.4 Å². The highest BCUT2D eigenvalue weighted by atomic mass is 32.2. The molecule has 12 rings (SSSR count). The Balaban J connectivity index is 0.846.